The van der Waals surface area contributed by atoms with Gasteiger partial charge in [-0.05, 0) is 25.1 Å². The minimum atomic E-state index is -0.881. The van der Waals surface area contributed by atoms with Crippen molar-refractivity contribution in [1.29, 1.82) is 0 Å². The third kappa shape index (κ3) is 4.64. The van der Waals surface area contributed by atoms with E-state index in [0.717, 1.165) is 0 Å². The Morgan fingerprint density at radius 2 is 2.09 bits per heavy atom. The van der Waals surface area contributed by atoms with Crippen LogP contribution in [0, 0.1) is 17.7 Å². The number of methoxy groups -OCH3 is 2. The molecule has 0 amide bonds. The van der Waals surface area contributed by atoms with Gasteiger partial charge >= 0.3 is 11.9 Å². The molecule has 33 heavy (non-hydrogen) atoms. The second kappa shape index (κ2) is 9.98. The third-order valence-electron chi connectivity index (χ3n) is 5.73. The summed E-state index contributed by atoms with van der Waals surface area (Å²) in [5, 5.41) is 8.99. The summed E-state index contributed by atoms with van der Waals surface area (Å²) in [4.78, 5) is 34.7. The lowest BCUT2D eigenvalue weighted by Crippen LogP contribution is -2.47. The molecule has 1 saturated heterocycles. The number of hydrogen-bond acceptors (Lipinski definition) is 9. The first kappa shape index (κ1) is 23.3. The standard InChI is InChI=1S/C22H22ClFN4O4S/c1-31-21(29)14-10-25-6-5-12(14)17-16(22(30)32-2)18(13-4-3-11(24)9-15(13)23)28-19(27-17)20-26-7-8-33-20/h3-4,7-9,12,14,18,25H,5-6,10H2,1-2H3,(H,27,28)/t12-,14+,18?/m1/s1. The van der Waals surface area contributed by atoms with Crippen LogP contribution in [0.2, 0.25) is 5.02 Å². The van der Waals surface area contributed by atoms with Crippen LogP contribution in [0.5, 0.6) is 0 Å². The average molecular weight is 493 g/mol. The molecule has 2 N–H and O–H groups in total. The predicted octanol–water partition coefficient (Wildman–Crippen LogP) is 2.85. The topological polar surface area (TPSA) is 102 Å². The Morgan fingerprint density at radius 1 is 1.27 bits per heavy atom. The van der Waals surface area contributed by atoms with Gasteiger partial charge in [-0.2, -0.15) is 0 Å². The summed E-state index contributed by atoms with van der Waals surface area (Å²) < 4.78 is 23.9. The van der Waals surface area contributed by atoms with Crippen LogP contribution in [-0.4, -0.2) is 50.1 Å². The van der Waals surface area contributed by atoms with Crippen LogP contribution in [0.25, 0.3) is 0 Å². The molecule has 1 unspecified atom stereocenters. The second-order valence-electron chi connectivity index (χ2n) is 7.56. The average Bonchev–Trinajstić information content (AvgIpc) is 3.37. The summed E-state index contributed by atoms with van der Waals surface area (Å²) in [7, 11) is 2.61. The largest absolute Gasteiger partial charge is 0.469 e. The third-order valence-corrected chi connectivity index (χ3v) is 6.84. The van der Waals surface area contributed by atoms with Gasteiger partial charge in [0.15, 0.2) is 10.8 Å². The summed E-state index contributed by atoms with van der Waals surface area (Å²) in [6.07, 6.45) is 2.21. The van der Waals surface area contributed by atoms with Gasteiger partial charge in [-0.25, -0.2) is 14.2 Å². The lowest BCUT2D eigenvalue weighted by Gasteiger charge is -2.36. The van der Waals surface area contributed by atoms with E-state index in [1.54, 1.807) is 11.6 Å². The number of aliphatic imine (C=N–C) groups is 1. The minimum absolute atomic E-state index is 0.125. The number of thiazole rings is 1. The van der Waals surface area contributed by atoms with E-state index in [9.17, 15) is 14.0 Å². The maximum atomic E-state index is 13.8. The highest BCUT2D eigenvalue weighted by Gasteiger charge is 2.42. The quantitative estimate of drug-likeness (QED) is 0.619. The Kier molecular flexibility index (Phi) is 7.06. The number of rotatable bonds is 5. The van der Waals surface area contributed by atoms with E-state index in [0.29, 0.717) is 41.6 Å². The van der Waals surface area contributed by atoms with Crippen LogP contribution in [0.15, 0.2) is 46.0 Å². The predicted molar refractivity (Wildman–Crippen MR) is 121 cm³/mol. The van der Waals surface area contributed by atoms with Crippen molar-refractivity contribution in [2.24, 2.45) is 16.8 Å². The molecule has 1 aromatic heterocycles. The van der Waals surface area contributed by atoms with Crippen molar-refractivity contribution < 1.29 is 23.5 Å². The molecule has 11 heteroatoms. The molecule has 2 aromatic rings. The first-order chi connectivity index (χ1) is 15.9. The van der Waals surface area contributed by atoms with Gasteiger partial charge in [0.05, 0.1) is 25.7 Å². The molecule has 8 nitrogen and oxygen atoms in total. The van der Waals surface area contributed by atoms with Crippen LogP contribution in [0.3, 0.4) is 0 Å². The Balaban J connectivity index is 1.92. The van der Waals surface area contributed by atoms with Crippen molar-refractivity contribution in [2.75, 3.05) is 27.3 Å². The zero-order valence-corrected chi connectivity index (χ0v) is 19.5. The summed E-state index contributed by atoms with van der Waals surface area (Å²) in [6, 6.07) is 3.05. The number of aromatic nitrogens is 1. The van der Waals surface area contributed by atoms with E-state index in [-0.39, 0.29) is 22.5 Å². The maximum absolute atomic E-state index is 13.8. The molecule has 4 rings (SSSR count). The SMILES string of the molecule is COC(=O)C1=C([C@@H]2CCNC[C@@H]2C(=O)OC)NC(c2nccs2)=NC1c1ccc(F)cc1Cl. The van der Waals surface area contributed by atoms with Gasteiger partial charge < -0.3 is 20.1 Å². The van der Waals surface area contributed by atoms with Crippen LogP contribution in [0.1, 0.15) is 23.0 Å². The fourth-order valence-corrected chi connectivity index (χ4v) is 5.05. The number of nitrogens with zero attached hydrogens (tertiary/aromatic N) is 2. The number of benzene rings is 1. The van der Waals surface area contributed by atoms with Crippen LogP contribution in [0.4, 0.5) is 4.39 Å². The number of nitrogens with one attached hydrogen (secondary N) is 2. The van der Waals surface area contributed by atoms with Gasteiger partial charge in [-0.1, -0.05) is 17.7 Å². The van der Waals surface area contributed by atoms with Gasteiger partial charge in [0, 0.05) is 40.3 Å². The molecule has 0 bridgehead atoms. The number of allylic oxidation sites excluding steroid dienone is 1. The van der Waals surface area contributed by atoms with Gasteiger partial charge in [0.1, 0.15) is 11.9 Å². The number of carbonyl (C=O) groups is 2. The lowest BCUT2D eigenvalue weighted by atomic mass is 9.79. The Labute approximate surface area is 198 Å². The highest BCUT2D eigenvalue weighted by atomic mass is 35.5. The number of hydrogen-bond donors (Lipinski definition) is 2. The van der Waals surface area contributed by atoms with Gasteiger partial charge in [-0.3, -0.25) is 9.79 Å². The van der Waals surface area contributed by atoms with Crippen LogP contribution >= 0.6 is 22.9 Å². The molecule has 2 aliphatic heterocycles. The zero-order valence-electron chi connectivity index (χ0n) is 17.9. The van der Waals surface area contributed by atoms with Crippen molar-refractivity contribution in [3.8, 4) is 0 Å². The Bertz CT molecular complexity index is 1120. The van der Waals surface area contributed by atoms with Crippen LogP contribution in [-0.2, 0) is 19.1 Å². The molecular formula is C22H22ClFN4O4S. The van der Waals surface area contributed by atoms with Crippen molar-refractivity contribution in [3.05, 3.63) is 62.5 Å². The lowest BCUT2D eigenvalue weighted by molar-refractivity contribution is -0.147. The van der Waals surface area contributed by atoms with Crippen molar-refractivity contribution >= 4 is 40.7 Å². The molecule has 0 aliphatic carbocycles. The van der Waals surface area contributed by atoms with E-state index < -0.39 is 23.7 Å². The number of esters is 2. The summed E-state index contributed by atoms with van der Waals surface area (Å²) in [5.41, 5.74) is 1.16. The number of carbonyl (C=O) groups excluding carboxylic acids is 2. The minimum Gasteiger partial charge on any atom is -0.469 e. The zero-order chi connectivity index (χ0) is 23.5. The molecule has 3 atom stereocenters. The highest BCUT2D eigenvalue weighted by molar-refractivity contribution is 7.11. The fraction of sp³-hybridized carbons (Fsp3) is 0.364. The normalized spacial score (nSPS) is 22.9. The highest BCUT2D eigenvalue weighted by Crippen LogP contribution is 2.40. The van der Waals surface area contributed by atoms with Crippen molar-refractivity contribution in [1.82, 2.24) is 15.6 Å². The van der Waals surface area contributed by atoms with E-state index in [4.69, 9.17) is 26.1 Å². The summed E-state index contributed by atoms with van der Waals surface area (Å²) >= 11 is 7.75. The van der Waals surface area contributed by atoms with Crippen molar-refractivity contribution in [3.63, 3.8) is 0 Å². The second-order valence-corrected chi connectivity index (χ2v) is 8.86. The molecule has 2 aliphatic rings. The van der Waals surface area contributed by atoms with E-state index >= 15 is 0 Å². The fourth-order valence-electron chi connectivity index (χ4n) is 4.19. The number of amidine groups is 1. The molecule has 174 valence electrons. The monoisotopic (exact) mass is 492 g/mol. The van der Waals surface area contributed by atoms with Crippen molar-refractivity contribution in [2.45, 2.75) is 12.5 Å². The van der Waals surface area contributed by atoms with Gasteiger partial charge in [-0.15, -0.1) is 11.3 Å². The van der Waals surface area contributed by atoms with Gasteiger partial charge in [0.25, 0.3) is 0 Å². The molecular weight excluding hydrogens is 471 g/mol. The van der Waals surface area contributed by atoms with E-state index in [1.165, 1.54) is 43.8 Å². The summed E-state index contributed by atoms with van der Waals surface area (Å²) in [5.74, 6) is -1.99. The first-order valence-corrected chi connectivity index (χ1v) is 11.5. The maximum Gasteiger partial charge on any atom is 0.338 e. The molecule has 1 aromatic carbocycles. The van der Waals surface area contributed by atoms with Gasteiger partial charge in [0.2, 0.25) is 0 Å². The molecule has 0 spiro atoms. The van der Waals surface area contributed by atoms with Crippen LogP contribution < -0.4 is 10.6 Å². The number of piperidine rings is 1. The molecule has 0 saturated carbocycles. The van der Waals surface area contributed by atoms with E-state index in [2.05, 4.69) is 15.6 Å². The Hall–Kier alpha value is -2.82. The molecule has 0 radical (unpaired) electrons. The number of ether oxygens (including phenoxy) is 2. The summed E-state index contributed by atoms with van der Waals surface area (Å²) in [6.45, 7) is 1.03. The number of halogens is 2. The Morgan fingerprint density at radius 3 is 2.76 bits per heavy atom. The van der Waals surface area contributed by atoms with E-state index in [1.807, 2.05) is 0 Å². The molecule has 3 heterocycles. The molecule has 1 fully saturated rings. The smallest absolute Gasteiger partial charge is 0.338 e. The first-order valence-electron chi connectivity index (χ1n) is 10.2.